The number of hydrogen-bond donors (Lipinski definition) is 2. The van der Waals surface area contributed by atoms with E-state index in [2.05, 4.69) is 0 Å². The summed E-state index contributed by atoms with van der Waals surface area (Å²) in [6.45, 7) is 0.884. The van der Waals surface area contributed by atoms with Gasteiger partial charge in [0.25, 0.3) is 0 Å². The van der Waals surface area contributed by atoms with Crippen LogP contribution in [0.1, 0.15) is 12.5 Å². The average Bonchev–Trinajstić information content (AvgIpc) is 2.37. The molecule has 9 heteroatoms. The summed E-state index contributed by atoms with van der Waals surface area (Å²) in [6.07, 6.45) is 0. The van der Waals surface area contributed by atoms with E-state index in [1.807, 2.05) is 0 Å². The molecule has 0 aliphatic carbocycles. The number of carbonyl (C=O) groups excluding carboxylic acids is 1. The van der Waals surface area contributed by atoms with Crippen LogP contribution in [0.3, 0.4) is 0 Å². The van der Waals surface area contributed by atoms with Crippen molar-refractivity contribution >= 4 is 33.1 Å². The summed E-state index contributed by atoms with van der Waals surface area (Å²) in [6, 6.07) is 4.83. The van der Waals surface area contributed by atoms with E-state index >= 15 is 0 Å². The van der Waals surface area contributed by atoms with Gasteiger partial charge in [0.2, 0.25) is 22.2 Å². The Morgan fingerprint density at radius 2 is 1.52 bits per heavy atom. The van der Waals surface area contributed by atoms with Gasteiger partial charge in [0.15, 0.2) is 4.99 Å². The van der Waals surface area contributed by atoms with Gasteiger partial charge in [-0.3, -0.25) is 9.69 Å². The van der Waals surface area contributed by atoms with E-state index in [0.717, 1.165) is 6.92 Å². The quantitative estimate of drug-likeness (QED) is 0.562. The Labute approximate surface area is 120 Å². The third-order valence-electron chi connectivity index (χ3n) is 2.46. The zero-order valence-electron chi connectivity index (χ0n) is 10.8. The number of carboxylic acid groups (broad SMARTS) is 2. The molecular formula is C12H11NO7S. The second-order valence-corrected chi connectivity index (χ2v) is 4.73. The maximum absolute atomic E-state index is 11.6. The molecule has 0 atom stereocenters. The fourth-order valence-corrected chi connectivity index (χ4v) is 2.39. The molecule has 0 unspecified atom stereocenters. The number of amides is 1. The number of nitrogens with zero attached hydrogens (tertiary/aromatic N) is 1. The molecular weight excluding hydrogens is 302 g/mol. The smallest absolute Gasteiger partial charge is 0.338 e. The number of hydrogen-bond acceptors (Lipinski definition) is 5. The molecule has 112 valence electrons. The van der Waals surface area contributed by atoms with Gasteiger partial charge in [-0.2, -0.15) is 8.42 Å². The van der Waals surface area contributed by atoms with Crippen LogP contribution in [0.15, 0.2) is 30.3 Å². The molecule has 1 amide bonds. The van der Waals surface area contributed by atoms with Gasteiger partial charge in [0.1, 0.15) is 0 Å². The Hall–Kier alpha value is -2.68. The van der Waals surface area contributed by atoms with Crippen molar-refractivity contribution in [3.05, 3.63) is 35.9 Å². The van der Waals surface area contributed by atoms with Crippen LogP contribution in [0.25, 0.3) is 0 Å². The number of carboxylic acids is 2. The van der Waals surface area contributed by atoms with Crippen LogP contribution in [0, 0.1) is 0 Å². The molecule has 0 aliphatic rings. The van der Waals surface area contributed by atoms with Crippen LogP contribution >= 0.6 is 0 Å². The van der Waals surface area contributed by atoms with Gasteiger partial charge >= 0.3 is 11.9 Å². The van der Waals surface area contributed by atoms with Gasteiger partial charge in [-0.05, 0) is 0 Å². The third kappa shape index (κ3) is 3.66. The SMILES string of the molecule is CC(=O)N(C(c1ccccc1)=S(=O)=O)C(C(=O)O)C(=O)O. The van der Waals surface area contributed by atoms with E-state index in [1.54, 1.807) is 6.07 Å². The van der Waals surface area contributed by atoms with Gasteiger partial charge in [-0.15, -0.1) is 0 Å². The minimum Gasteiger partial charge on any atom is -0.479 e. The van der Waals surface area contributed by atoms with Crippen molar-refractivity contribution in [2.45, 2.75) is 13.0 Å². The first-order valence-corrected chi connectivity index (χ1v) is 6.62. The maximum Gasteiger partial charge on any atom is 0.338 e. The fraction of sp³-hybridized carbons (Fsp3) is 0.167. The normalized spacial score (nSPS) is 10.0. The molecule has 0 heterocycles. The lowest BCUT2D eigenvalue weighted by Gasteiger charge is -2.24. The summed E-state index contributed by atoms with van der Waals surface area (Å²) < 4.78 is 22.8. The van der Waals surface area contributed by atoms with Crippen molar-refractivity contribution in [2.24, 2.45) is 0 Å². The summed E-state index contributed by atoms with van der Waals surface area (Å²) in [7, 11) is -3.01. The summed E-state index contributed by atoms with van der Waals surface area (Å²) in [5, 5.41) is 17.9. The first-order chi connectivity index (χ1) is 9.77. The highest BCUT2D eigenvalue weighted by Gasteiger charge is 2.38. The second kappa shape index (κ2) is 6.66. The summed E-state index contributed by atoms with van der Waals surface area (Å²) in [5.41, 5.74) is 0.00790. The van der Waals surface area contributed by atoms with Gasteiger partial charge in [-0.25, -0.2) is 9.59 Å². The Bertz CT molecular complexity index is 686. The Balaban J connectivity index is 3.59. The molecule has 1 aromatic rings. The highest BCUT2D eigenvalue weighted by atomic mass is 32.2. The topological polar surface area (TPSA) is 129 Å². The Morgan fingerprint density at radius 3 is 1.86 bits per heavy atom. The zero-order valence-corrected chi connectivity index (χ0v) is 11.6. The predicted molar refractivity (Wildman–Crippen MR) is 71.1 cm³/mol. The lowest BCUT2D eigenvalue weighted by atomic mass is 10.1. The van der Waals surface area contributed by atoms with Crippen LogP contribution in [-0.4, -0.2) is 52.4 Å². The monoisotopic (exact) mass is 313 g/mol. The first kappa shape index (κ1) is 16.4. The maximum atomic E-state index is 11.6. The molecule has 21 heavy (non-hydrogen) atoms. The summed E-state index contributed by atoms with van der Waals surface area (Å²) in [5.74, 6) is -4.72. The number of carbonyl (C=O) groups is 3. The zero-order chi connectivity index (χ0) is 16.2. The number of rotatable bonds is 4. The lowest BCUT2D eigenvalue weighted by Crippen LogP contribution is -2.52. The van der Waals surface area contributed by atoms with E-state index in [9.17, 15) is 22.8 Å². The molecule has 0 spiro atoms. The van der Waals surface area contributed by atoms with Crippen molar-refractivity contribution in [1.29, 1.82) is 0 Å². The van der Waals surface area contributed by atoms with E-state index < -0.39 is 39.2 Å². The first-order valence-electron chi connectivity index (χ1n) is 5.54. The van der Waals surface area contributed by atoms with Crippen molar-refractivity contribution in [1.82, 2.24) is 4.90 Å². The molecule has 0 bridgehead atoms. The lowest BCUT2D eigenvalue weighted by molar-refractivity contribution is -0.157. The van der Waals surface area contributed by atoms with Crippen LogP contribution in [0.5, 0.6) is 0 Å². The van der Waals surface area contributed by atoms with E-state index in [-0.39, 0.29) is 10.5 Å². The molecule has 0 aromatic heterocycles. The molecule has 8 nitrogen and oxygen atoms in total. The Morgan fingerprint density at radius 1 is 1.05 bits per heavy atom. The molecule has 2 N–H and O–H groups in total. The van der Waals surface area contributed by atoms with Crippen LogP contribution in [0.4, 0.5) is 0 Å². The molecule has 0 aliphatic heterocycles. The van der Waals surface area contributed by atoms with E-state index in [4.69, 9.17) is 10.2 Å². The summed E-state index contributed by atoms with van der Waals surface area (Å²) in [4.78, 5) is 33.2. The van der Waals surface area contributed by atoms with E-state index in [0.29, 0.717) is 0 Å². The molecule has 0 saturated carbocycles. The van der Waals surface area contributed by atoms with Gasteiger partial charge in [0.05, 0.1) is 0 Å². The number of aliphatic carboxylic acids is 2. The van der Waals surface area contributed by atoms with Gasteiger partial charge in [0, 0.05) is 12.5 Å². The molecule has 0 fully saturated rings. The van der Waals surface area contributed by atoms with Crippen molar-refractivity contribution in [3.8, 4) is 0 Å². The second-order valence-electron chi connectivity index (χ2n) is 3.87. The largest absolute Gasteiger partial charge is 0.479 e. The molecule has 1 aromatic carbocycles. The van der Waals surface area contributed by atoms with Crippen LogP contribution in [-0.2, 0) is 24.7 Å². The minimum atomic E-state index is -3.01. The van der Waals surface area contributed by atoms with Gasteiger partial charge < -0.3 is 10.2 Å². The predicted octanol–water partition coefficient (Wildman–Crippen LogP) is -0.570. The summed E-state index contributed by atoms with van der Waals surface area (Å²) >= 11 is 0. The molecule has 0 radical (unpaired) electrons. The molecule has 1 rings (SSSR count). The standard InChI is InChI=1S/C12H11NO7S/c1-7(14)13(9(11(15)16)12(17)18)10(21(19)20)8-5-3-2-4-6-8/h2-6,9H,1H3,(H,15,16)(H,17,18). The van der Waals surface area contributed by atoms with Crippen LogP contribution in [0.2, 0.25) is 0 Å². The third-order valence-corrected chi connectivity index (χ3v) is 3.21. The number of benzene rings is 1. The van der Waals surface area contributed by atoms with Crippen LogP contribution < -0.4 is 0 Å². The van der Waals surface area contributed by atoms with Crippen molar-refractivity contribution in [2.75, 3.05) is 0 Å². The van der Waals surface area contributed by atoms with Gasteiger partial charge in [-0.1, -0.05) is 30.3 Å². The average molecular weight is 313 g/mol. The highest BCUT2D eigenvalue weighted by Crippen LogP contribution is 2.11. The van der Waals surface area contributed by atoms with Crippen molar-refractivity contribution in [3.63, 3.8) is 0 Å². The Kier molecular flexibility index (Phi) is 5.19. The highest BCUT2D eigenvalue weighted by molar-refractivity contribution is 7.73. The van der Waals surface area contributed by atoms with Crippen molar-refractivity contribution < 1.29 is 33.0 Å². The fourth-order valence-electron chi connectivity index (χ4n) is 1.66. The molecule has 0 saturated heterocycles. The van der Waals surface area contributed by atoms with E-state index in [1.165, 1.54) is 24.3 Å². The minimum absolute atomic E-state index is 0.00790.